The van der Waals surface area contributed by atoms with Crippen LogP contribution >= 0.6 is 11.6 Å². The lowest BCUT2D eigenvalue weighted by atomic mass is 10.1. The summed E-state index contributed by atoms with van der Waals surface area (Å²) in [6.07, 6.45) is 0. The Morgan fingerprint density at radius 2 is 1.79 bits per heavy atom. The van der Waals surface area contributed by atoms with Crippen LogP contribution in [0, 0.1) is 0 Å². The molecule has 0 fully saturated rings. The van der Waals surface area contributed by atoms with Crippen LogP contribution in [0.4, 0.5) is 10.5 Å². The first kappa shape index (κ1) is 17.8. The lowest BCUT2D eigenvalue weighted by Crippen LogP contribution is -2.31. The zero-order chi connectivity index (χ0) is 17.7. The van der Waals surface area contributed by atoms with Crippen LogP contribution in [-0.4, -0.2) is 30.9 Å². The van der Waals surface area contributed by atoms with Crippen LogP contribution in [0.25, 0.3) is 0 Å². The molecule has 0 radical (unpaired) electrons. The van der Waals surface area contributed by atoms with Gasteiger partial charge in [-0.15, -0.1) is 0 Å². The molecule has 2 aromatic rings. The van der Waals surface area contributed by atoms with Crippen molar-refractivity contribution >= 4 is 29.2 Å². The molecule has 2 rings (SSSR count). The third-order valence-corrected chi connectivity index (χ3v) is 3.70. The molecule has 0 saturated carbocycles. The Balaban J connectivity index is 2.02. The first-order valence-electron chi connectivity index (χ1n) is 7.51. The Bertz CT molecular complexity index is 747. The summed E-state index contributed by atoms with van der Waals surface area (Å²) in [4.78, 5) is 25.6. The zero-order valence-electron chi connectivity index (χ0n) is 13.8. The second-order valence-electron chi connectivity index (χ2n) is 5.66. The van der Waals surface area contributed by atoms with Crippen molar-refractivity contribution in [2.75, 3.05) is 19.4 Å². The molecule has 0 heterocycles. The summed E-state index contributed by atoms with van der Waals surface area (Å²) >= 11 is 5.96. The summed E-state index contributed by atoms with van der Waals surface area (Å²) in [6, 6.07) is 13.6. The summed E-state index contributed by atoms with van der Waals surface area (Å²) in [5, 5.41) is 6.20. The SMILES string of the molecule is CC(NC(=O)Nc1cccc(C(=O)N(C)C)c1)c1cccc(Cl)c1. The predicted molar refractivity (Wildman–Crippen MR) is 96.5 cm³/mol. The van der Waals surface area contributed by atoms with E-state index in [9.17, 15) is 9.59 Å². The average molecular weight is 346 g/mol. The Labute approximate surface area is 146 Å². The van der Waals surface area contributed by atoms with Crippen molar-refractivity contribution in [2.24, 2.45) is 0 Å². The van der Waals surface area contributed by atoms with E-state index in [1.165, 1.54) is 4.90 Å². The molecule has 1 atom stereocenters. The van der Waals surface area contributed by atoms with Crippen LogP contribution in [0.5, 0.6) is 0 Å². The van der Waals surface area contributed by atoms with E-state index in [4.69, 9.17) is 11.6 Å². The molecule has 3 amide bonds. The van der Waals surface area contributed by atoms with Gasteiger partial charge in [0.2, 0.25) is 0 Å². The number of halogens is 1. The lowest BCUT2D eigenvalue weighted by molar-refractivity contribution is 0.0827. The van der Waals surface area contributed by atoms with E-state index in [0.717, 1.165) is 5.56 Å². The normalized spacial score (nSPS) is 11.5. The quantitative estimate of drug-likeness (QED) is 0.882. The van der Waals surface area contributed by atoms with Gasteiger partial charge in [0.05, 0.1) is 6.04 Å². The molecule has 2 aromatic carbocycles. The summed E-state index contributed by atoms with van der Waals surface area (Å²) in [5.41, 5.74) is 1.98. The Kier molecular flexibility index (Phi) is 5.82. The van der Waals surface area contributed by atoms with Gasteiger partial charge in [-0.2, -0.15) is 0 Å². The fourth-order valence-corrected chi connectivity index (χ4v) is 2.41. The number of nitrogens with one attached hydrogen (secondary N) is 2. The van der Waals surface area contributed by atoms with Crippen molar-refractivity contribution in [1.82, 2.24) is 10.2 Å². The fraction of sp³-hybridized carbons (Fsp3) is 0.222. The van der Waals surface area contributed by atoms with Crippen molar-refractivity contribution in [3.8, 4) is 0 Å². The third kappa shape index (κ3) is 4.73. The molecule has 126 valence electrons. The number of carbonyl (C=O) groups is 2. The van der Waals surface area contributed by atoms with E-state index in [0.29, 0.717) is 16.3 Å². The van der Waals surface area contributed by atoms with Crippen molar-refractivity contribution in [2.45, 2.75) is 13.0 Å². The molecule has 0 spiro atoms. The van der Waals surface area contributed by atoms with E-state index in [-0.39, 0.29) is 18.0 Å². The number of urea groups is 1. The Hall–Kier alpha value is -2.53. The van der Waals surface area contributed by atoms with Crippen molar-refractivity contribution in [3.05, 3.63) is 64.7 Å². The number of rotatable bonds is 4. The monoisotopic (exact) mass is 345 g/mol. The minimum absolute atomic E-state index is 0.119. The summed E-state index contributed by atoms with van der Waals surface area (Å²) in [6.45, 7) is 1.87. The van der Waals surface area contributed by atoms with Gasteiger partial charge in [0.1, 0.15) is 0 Å². The van der Waals surface area contributed by atoms with Crippen LogP contribution in [-0.2, 0) is 0 Å². The highest BCUT2D eigenvalue weighted by atomic mass is 35.5. The number of anilines is 1. The molecular weight excluding hydrogens is 326 g/mol. The van der Waals surface area contributed by atoms with Gasteiger partial charge in [0.15, 0.2) is 0 Å². The minimum atomic E-state index is -0.350. The summed E-state index contributed by atoms with van der Waals surface area (Å²) in [5.74, 6) is -0.119. The van der Waals surface area contributed by atoms with E-state index >= 15 is 0 Å². The molecule has 0 aliphatic heterocycles. The predicted octanol–water partition coefficient (Wildman–Crippen LogP) is 3.92. The zero-order valence-corrected chi connectivity index (χ0v) is 14.6. The molecule has 0 aromatic heterocycles. The van der Waals surface area contributed by atoms with Crippen molar-refractivity contribution < 1.29 is 9.59 Å². The first-order valence-corrected chi connectivity index (χ1v) is 7.89. The molecule has 0 aliphatic carbocycles. The highest BCUT2D eigenvalue weighted by molar-refractivity contribution is 6.30. The van der Waals surface area contributed by atoms with Crippen molar-refractivity contribution in [1.29, 1.82) is 0 Å². The van der Waals surface area contributed by atoms with Crippen LogP contribution in [0.1, 0.15) is 28.9 Å². The average Bonchev–Trinajstić information content (AvgIpc) is 2.54. The lowest BCUT2D eigenvalue weighted by Gasteiger charge is -2.16. The van der Waals surface area contributed by atoms with Gasteiger partial charge in [-0.05, 0) is 42.8 Å². The van der Waals surface area contributed by atoms with Gasteiger partial charge in [-0.1, -0.05) is 29.8 Å². The fourth-order valence-electron chi connectivity index (χ4n) is 2.21. The molecular formula is C18H20ClN3O2. The topological polar surface area (TPSA) is 61.4 Å². The summed E-state index contributed by atoms with van der Waals surface area (Å²) in [7, 11) is 3.36. The van der Waals surface area contributed by atoms with Crippen LogP contribution in [0.2, 0.25) is 5.02 Å². The second kappa shape index (κ2) is 7.84. The highest BCUT2D eigenvalue weighted by Crippen LogP contribution is 2.18. The largest absolute Gasteiger partial charge is 0.345 e. The molecule has 24 heavy (non-hydrogen) atoms. The second-order valence-corrected chi connectivity index (χ2v) is 6.09. The van der Waals surface area contributed by atoms with E-state index in [2.05, 4.69) is 10.6 Å². The molecule has 1 unspecified atom stereocenters. The number of hydrogen-bond acceptors (Lipinski definition) is 2. The molecule has 6 heteroatoms. The number of nitrogens with zero attached hydrogens (tertiary/aromatic N) is 1. The first-order chi connectivity index (χ1) is 11.4. The van der Waals surface area contributed by atoms with Gasteiger partial charge in [0.25, 0.3) is 5.91 Å². The van der Waals surface area contributed by atoms with E-state index in [1.54, 1.807) is 44.4 Å². The maximum atomic E-state index is 12.1. The number of amides is 3. The maximum Gasteiger partial charge on any atom is 0.319 e. The molecule has 0 aliphatic rings. The molecule has 0 bridgehead atoms. The minimum Gasteiger partial charge on any atom is -0.345 e. The molecule has 0 saturated heterocycles. The van der Waals surface area contributed by atoms with E-state index in [1.807, 2.05) is 25.1 Å². The van der Waals surface area contributed by atoms with Gasteiger partial charge in [-0.3, -0.25) is 4.79 Å². The van der Waals surface area contributed by atoms with Gasteiger partial charge >= 0.3 is 6.03 Å². The van der Waals surface area contributed by atoms with Crippen LogP contribution in [0.15, 0.2) is 48.5 Å². The number of hydrogen-bond donors (Lipinski definition) is 2. The molecule has 5 nitrogen and oxygen atoms in total. The van der Waals surface area contributed by atoms with Gasteiger partial charge < -0.3 is 15.5 Å². The Morgan fingerprint density at radius 3 is 2.46 bits per heavy atom. The summed E-state index contributed by atoms with van der Waals surface area (Å²) < 4.78 is 0. The standard InChI is InChI=1S/C18H20ClN3O2/c1-12(13-6-4-8-15(19)10-13)20-18(24)21-16-9-5-7-14(11-16)17(23)22(2)3/h4-12H,1-3H3,(H2,20,21,24). The Morgan fingerprint density at radius 1 is 1.08 bits per heavy atom. The highest BCUT2D eigenvalue weighted by Gasteiger charge is 2.12. The van der Waals surface area contributed by atoms with Gasteiger partial charge in [-0.25, -0.2) is 4.79 Å². The van der Waals surface area contributed by atoms with E-state index < -0.39 is 0 Å². The van der Waals surface area contributed by atoms with Gasteiger partial charge in [0, 0.05) is 30.4 Å². The number of carbonyl (C=O) groups excluding carboxylic acids is 2. The van der Waals surface area contributed by atoms with Crippen LogP contribution < -0.4 is 10.6 Å². The number of benzene rings is 2. The third-order valence-electron chi connectivity index (χ3n) is 3.47. The van der Waals surface area contributed by atoms with Crippen molar-refractivity contribution in [3.63, 3.8) is 0 Å². The van der Waals surface area contributed by atoms with Crippen LogP contribution in [0.3, 0.4) is 0 Å². The maximum absolute atomic E-state index is 12.1. The molecule has 2 N–H and O–H groups in total. The smallest absolute Gasteiger partial charge is 0.319 e.